The zero-order valence-electron chi connectivity index (χ0n) is 26.4. The van der Waals surface area contributed by atoms with Gasteiger partial charge in [0.2, 0.25) is 11.8 Å². The molecule has 0 spiro atoms. The molecule has 3 heterocycles. The number of aromatic nitrogens is 1. The van der Waals surface area contributed by atoms with Gasteiger partial charge in [-0.3, -0.25) is 4.79 Å². The molecule has 0 N–H and O–H groups in total. The van der Waals surface area contributed by atoms with Crippen molar-refractivity contribution in [3.05, 3.63) is 83.7 Å². The van der Waals surface area contributed by atoms with Crippen molar-refractivity contribution < 1.29 is 9.53 Å². The monoisotopic (exact) mass is 614 g/mol. The number of carbonyl (C=O) groups excluding carboxylic acids is 1. The largest absolute Gasteiger partial charge is 0.476 e. The molecule has 1 amide bonds. The maximum Gasteiger partial charge on any atom is 0.246 e. The van der Waals surface area contributed by atoms with E-state index in [4.69, 9.17) is 9.72 Å². The van der Waals surface area contributed by atoms with Crippen molar-refractivity contribution in [1.82, 2.24) is 9.88 Å². The van der Waals surface area contributed by atoms with Gasteiger partial charge in [0.15, 0.2) is 0 Å². The number of nitrogens with zero attached hydrogens (tertiary/aromatic N) is 8. The van der Waals surface area contributed by atoms with Crippen molar-refractivity contribution >= 4 is 40.6 Å². The van der Waals surface area contributed by atoms with E-state index in [0.29, 0.717) is 50.4 Å². The highest BCUT2D eigenvalue weighted by atomic mass is 16.5. The summed E-state index contributed by atoms with van der Waals surface area (Å²) >= 11 is 0. The number of amides is 1. The van der Waals surface area contributed by atoms with Crippen LogP contribution in [0.1, 0.15) is 42.1 Å². The van der Waals surface area contributed by atoms with Crippen molar-refractivity contribution in [1.29, 1.82) is 10.5 Å². The highest BCUT2D eigenvalue weighted by Crippen LogP contribution is 2.40. The highest BCUT2D eigenvalue weighted by molar-refractivity contribution is 5.97. The molecule has 0 aliphatic carbocycles. The molecule has 2 aromatic carbocycles. The van der Waals surface area contributed by atoms with Gasteiger partial charge in [-0.25, -0.2) is 15.0 Å². The second-order valence-corrected chi connectivity index (χ2v) is 11.3. The summed E-state index contributed by atoms with van der Waals surface area (Å²) in [5, 5.41) is 22.5. The summed E-state index contributed by atoms with van der Waals surface area (Å²) < 4.78 is 6.22. The van der Waals surface area contributed by atoms with E-state index < -0.39 is 0 Å². The van der Waals surface area contributed by atoms with Crippen LogP contribution in [0.4, 0.5) is 11.4 Å². The summed E-state index contributed by atoms with van der Waals surface area (Å²) in [6.45, 7) is 14.1. The molecule has 46 heavy (non-hydrogen) atoms. The van der Waals surface area contributed by atoms with E-state index in [0.717, 1.165) is 29.2 Å². The fourth-order valence-corrected chi connectivity index (χ4v) is 6.39. The molecule has 2 aliphatic heterocycles. The molecule has 10 heteroatoms. The molecule has 1 atom stereocenters. The van der Waals surface area contributed by atoms with E-state index >= 15 is 0 Å². The average molecular weight is 615 g/mol. The van der Waals surface area contributed by atoms with E-state index in [1.54, 1.807) is 11.1 Å². The minimum absolute atomic E-state index is 0.172. The van der Waals surface area contributed by atoms with Crippen molar-refractivity contribution in [2.75, 3.05) is 42.6 Å². The maximum atomic E-state index is 12.6. The standard InChI is InChI=1S/C36H38N8O2/c1-5-17-40-32(39-4)15-21-46-36-29(22-38)35(43-19-20-44(33(45)6-2)27(23-43)13-16-37)28-14-18-42(24-30(28)41-36)31-12-8-11-26-10-7-9-25(3)34(26)31/h5-12,17,27H,2,4,13-15,18-21,23-24H2,1,3H3/b17-5-,40-32?/t27-/m0/s1. The van der Waals surface area contributed by atoms with Crippen LogP contribution in [0.15, 0.2) is 71.3 Å². The molecule has 0 saturated carbocycles. The number of aliphatic imine (C=N–C) groups is 2. The number of anilines is 2. The zero-order valence-corrected chi connectivity index (χ0v) is 26.4. The lowest BCUT2D eigenvalue weighted by molar-refractivity contribution is -0.128. The Morgan fingerprint density at radius 3 is 2.70 bits per heavy atom. The van der Waals surface area contributed by atoms with Crippen molar-refractivity contribution in [3.63, 3.8) is 0 Å². The van der Waals surface area contributed by atoms with Crippen molar-refractivity contribution in [2.45, 2.75) is 45.7 Å². The number of ether oxygens (including phenoxy) is 1. The first-order chi connectivity index (χ1) is 22.4. The lowest BCUT2D eigenvalue weighted by Crippen LogP contribution is -2.55. The number of piperazine rings is 1. The molecule has 10 nitrogen and oxygen atoms in total. The van der Waals surface area contributed by atoms with Crippen LogP contribution in [0.25, 0.3) is 10.8 Å². The molecule has 1 saturated heterocycles. The first kappa shape index (κ1) is 31.9. The Morgan fingerprint density at radius 1 is 1.17 bits per heavy atom. The molecule has 5 rings (SSSR count). The third kappa shape index (κ3) is 6.47. The van der Waals surface area contributed by atoms with Gasteiger partial charge in [0, 0.05) is 55.4 Å². The van der Waals surface area contributed by atoms with Crippen molar-refractivity contribution in [2.24, 2.45) is 9.98 Å². The molecule has 1 aromatic heterocycles. The van der Waals surface area contributed by atoms with Gasteiger partial charge in [-0.2, -0.15) is 10.5 Å². The van der Waals surface area contributed by atoms with E-state index in [-0.39, 0.29) is 30.9 Å². The van der Waals surface area contributed by atoms with Crippen molar-refractivity contribution in [3.8, 4) is 18.0 Å². The Balaban J connectivity index is 1.56. The molecule has 0 bridgehead atoms. The van der Waals surface area contributed by atoms with E-state index in [9.17, 15) is 15.3 Å². The van der Waals surface area contributed by atoms with Gasteiger partial charge in [-0.15, -0.1) is 0 Å². The van der Waals surface area contributed by atoms with E-state index in [1.165, 1.54) is 22.4 Å². The van der Waals surface area contributed by atoms with E-state index in [1.807, 2.05) is 13.0 Å². The van der Waals surface area contributed by atoms with Gasteiger partial charge in [0.1, 0.15) is 17.5 Å². The normalized spacial score (nSPS) is 16.6. The second kappa shape index (κ2) is 14.5. The Hall–Kier alpha value is -5.48. The Bertz CT molecular complexity index is 1790. The molecule has 0 unspecified atom stereocenters. The van der Waals surface area contributed by atoms with Crippen LogP contribution in [0.2, 0.25) is 0 Å². The first-order valence-electron chi connectivity index (χ1n) is 15.4. The quantitative estimate of drug-likeness (QED) is 0.177. The Kier molecular flexibility index (Phi) is 10.1. The number of pyridine rings is 1. The Morgan fingerprint density at radius 2 is 1.98 bits per heavy atom. The fourth-order valence-electron chi connectivity index (χ4n) is 6.39. The lowest BCUT2D eigenvalue weighted by Gasteiger charge is -2.43. The number of aryl methyl sites for hydroxylation is 1. The molecule has 0 radical (unpaired) electrons. The van der Waals surface area contributed by atoms with Crippen LogP contribution in [-0.4, -0.2) is 67.2 Å². The zero-order chi connectivity index (χ0) is 32.6. The van der Waals surface area contributed by atoms with E-state index in [2.05, 4.69) is 88.5 Å². The summed E-state index contributed by atoms with van der Waals surface area (Å²) in [7, 11) is 0. The van der Waals surface area contributed by atoms with Crippen LogP contribution >= 0.6 is 0 Å². The number of allylic oxidation sites excluding steroid dienone is 1. The second-order valence-electron chi connectivity index (χ2n) is 11.3. The van der Waals surface area contributed by atoms with Crippen LogP contribution in [0.5, 0.6) is 5.88 Å². The predicted octanol–water partition coefficient (Wildman–Crippen LogP) is 5.50. The summed E-state index contributed by atoms with van der Waals surface area (Å²) in [6, 6.07) is 17.0. The number of nitriles is 2. The average Bonchev–Trinajstić information content (AvgIpc) is 3.08. The van der Waals surface area contributed by atoms with Gasteiger partial charge in [0.25, 0.3) is 0 Å². The molecule has 1 fully saturated rings. The number of hydrogen-bond acceptors (Lipinski definition) is 8. The number of rotatable bonds is 9. The van der Waals surface area contributed by atoms with Crippen LogP contribution in [0, 0.1) is 29.6 Å². The summed E-state index contributed by atoms with van der Waals surface area (Å²) in [5.41, 5.74) is 5.31. The highest BCUT2D eigenvalue weighted by Gasteiger charge is 2.35. The number of fused-ring (bicyclic) bond motifs is 2. The number of benzene rings is 2. The van der Waals surface area contributed by atoms with Gasteiger partial charge in [0.05, 0.1) is 43.1 Å². The lowest BCUT2D eigenvalue weighted by atomic mass is 9.95. The van der Waals surface area contributed by atoms with Crippen LogP contribution in [0.3, 0.4) is 0 Å². The fraction of sp³-hybridized carbons (Fsp3) is 0.333. The number of carbonyl (C=O) groups is 1. The predicted molar refractivity (Wildman–Crippen MR) is 182 cm³/mol. The summed E-state index contributed by atoms with van der Waals surface area (Å²) in [4.78, 5) is 32.0. The maximum absolute atomic E-state index is 12.6. The molecular formula is C36H38N8O2. The van der Waals surface area contributed by atoms with Gasteiger partial charge in [-0.05, 0) is 50.1 Å². The van der Waals surface area contributed by atoms with Gasteiger partial charge >= 0.3 is 0 Å². The molecule has 2 aliphatic rings. The summed E-state index contributed by atoms with van der Waals surface area (Å²) in [6.07, 6.45) is 5.98. The minimum atomic E-state index is -0.341. The topological polar surface area (TPSA) is 121 Å². The molecule has 3 aromatic rings. The SMILES string of the molecule is C=CC(=O)N1CCN(c2c(C#N)c(OCCC(N=C)=N/C=C\C)nc3c2CCN(c2cccc4cccc(C)c24)C3)C[C@@H]1CC#N. The number of hydrogen-bond donors (Lipinski definition) is 0. The smallest absolute Gasteiger partial charge is 0.246 e. The third-order valence-corrected chi connectivity index (χ3v) is 8.54. The molecular weight excluding hydrogens is 576 g/mol. The Labute approximate surface area is 270 Å². The number of amidine groups is 1. The van der Waals surface area contributed by atoms with Crippen LogP contribution < -0.4 is 14.5 Å². The molecule has 234 valence electrons. The van der Waals surface area contributed by atoms with Gasteiger partial charge in [-0.1, -0.05) is 43.0 Å². The van der Waals surface area contributed by atoms with Crippen LogP contribution in [-0.2, 0) is 17.8 Å². The van der Waals surface area contributed by atoms with Gasteiger partial charge < -0.3 is 19.4 Å². The minimum Gasteiger partial charge on any atom is -0.476 e. The first-order valence-corrected chi connectivity index (χ1v) is 15.4. The summed E-state index contributed by atoms with van der Waals surface area (Å²) in [5.74, 6) is 0.575. The third-order valence-electron chi connectivity index (χ3n) is 8.54.